The van der Waals surface area contributed by atoms with Crippen molar-refractivity contribution in [3.63, 3.8) is 0 Å². The van der Waals surface area contributed by atoms with Gasteiger partial charge in [-0.25, -0.2) is 12.7 Å². The van der Waals surface area contributed by atoms with Gasteiger partial charge in [-0.2, -0.15) is 0 Å². The Labute approximate surface area is 81.4 Å². The number of rotatable bonds is 6. The molecule has 0 amide bonds. The molecule has 0 aromatic heterocycles. The van der Waals surface area contributed by atoms with E-state index in [4.69, 9.17) is 0 Å². The van der Waals surface area contributed by atoms with Crippen molar-refractivity contribution in [2.75, 3.05) is 26.4 Å². The fraction of sp³-hybridized carbons (Fsp3) is 1.00. The van der Waals surface area contributed by atoms with Gasteiger partial charge in [-0.05, 0) is 33.9 Å². The molecule has 4 nitrogen and oxygen atoms in total. The fourth-order valence-corrected chi connectivity index (χ4v) is 2.34. The van der Waals surface area contributed by atoms with Crippen LogP contribution in [0.15, 0.2) is 0 Å². The van der Waals surface area contributed by atoms with Crippen LogP contribution in [0.5, 0.6) is 0 Å². The quantitative estimate of drug-likeness (QED) is 0.637. The van der Waals surface area contributed by atoms with Crippen molar-refractivity contribution in [1.82, 2.24) is 9.62 Å². The van der Waals surface area contributed by atoms with Crippen molar-refractivity contribution in [3.8, 4) is 0 Å². The Bertz CT molecular complexity index is 224. The van der Waals surface area contributed by atoms with Gasteiger partial charge in [0.2, 0.25) is 10.0 Å². The summed E-state index contributed by atoms with van der Waals surface area (Å²) >= 11 is 0. The van der Waals surface area contributed by atoms with Gasteiger partial charge in [0, 0.05) is 13.1 Å². The normalized spacial score (nSPS) is 12.8. The first kappa shape index (κ1) is 12.9. The Balaban J connectivity index is 4.08. The smallest absolute Gasteiger partial charge is 0.214 e. The highest BCUT2D eigenvalue weighted by Crippen LogP contribution is 2.04. The minimum Gasteiger partial charge on any atom is -0.320 e. The van der Waals surface area contributed by atoms with Gasteiger partial charge in [-0.15, -0.1) is 0 Å². The molecule has 0 aliphatic carbocycles. The van der Waals surface area contributed by atoms with Gasteiger partial charge < -0.3 is 5.32 Å². The van der Waals surface area contributed by atoms with Crippen LogP contribution >= 0.6 is 0 Å². The fourth-order valence-electron chi connectivity index (χ4n) is 0.897. The number of hydrogen-bond donors (Lipinski definition) is 1. The van der Waals surface area contributed by atoms with E-state index in [1.807, 2.05) is 20.9 Å². The summed E-state index contributed by atoms with van der Waals surface area (Å²) in [6.07, 6.45) is 0.663. The predicted molar refractivity (Wildman–Crippen MR) is 55.2 cm³/mol. The maximum Gasteiger partial charge on any atom is 0.214 e. The minimum absolute atomic E-state index is 0.0413. The Hall–Kier alpha value is -0.130. The molecule has 1 N–H and O–H groups in total. The summed E-state index contributed by atoms with van der Waals surface area (Å²) < 4.78 is 24.5. The molecule has 0 aliphatic heterocycles. The van der Waals surface area contributed by atoms with E-state index in [-0.39, 0.29) is 11.8 Å². The maximum absolute atomic E-state index is 11.5. The number of nitrogens with zero attached hydrogens (tertiary/aromatic N) is 1. The van der Waals surface area contributed by atoms with Crippen LogP contribution in [0, 0.1) is 0 Å². The van der Waals surface area contributed by atoms with Crippen LogP contribution in [-0.4, -0.2) is 45.2 Å². The lowest BCUT2D eigenvalue weighted by Crippen LogP contribution is -2.35. The average molecular weight is 208 g/mol. The Morgan fingerprint density at radius 2 is 1.92 bits per heavy atom. The molecule has 0 bridgehead atoms. The molecule has 0 fully saturated rings. The standard InChI is InChI=1S/C8H20N2O2S/c1-8(2)10(4)13(11,12)7-5-6-9-3/h8-9H,5-7H2,1-4H3. The number of sulfonamides is 1. The third-order valence-corrected chi connectivity index (χ3v) is 4.10. The highest BCUT2D eigenvalue weighted by Gasteiger charge is 2.19. The highest BCUT2D eigenvalue weighted by atomic mass is 32.2. The molecule has 0 aliphatic rings. The minimum atomic E-state index is -3.04. The first-order valence-corrected chi connectivity index (χ1v) is 6.13. The zero-order chi connectivity index (χ0) is 10.5. The molecule has 0 aromatic rings. The zero-order valence-corrected chi connectivity index (χ0v) is 9.69. The molecule has 0 heterocycles. The van der Waals surface area contributed by atoms with E-state index >= 15 is 0 Å². The summed E-state index contributed by atoms with van der Waals surface area (Å²) in [4.78, 5) is 0. The lowest BCUT2D eigenvalue weighted by molar-refractivity contribution is 0.409. The predicted octanol–water partition coefficient (Wildman–Crippen LogP) is 0.266. The lowest BCUT2D eigenvalue weighted by Gasteiger charge is -2.20. The molecular formula is C8H20N2O2S. The first-order chi connectivity index (χ1) is 5.91. The Morgan fingerprint density at radius 3 is 2.31 bits per heavy atom. The van der Waals surface area contributed by atoms with Crippen molar-refractivity contribution >= 4 is 10.0 Å². The van der Waals surface area contributed by atoms with Gasteiger partial charge in [0.15, 0.2) is 0 Å². The molecule has 0 radical (unpaired) electrons. The molecular weight excluding hydrogens is 188 g/mol. The molecule has 0 saturated carbocycles. The summed E-state index contributed by atoms with van der Waals surface area (Å²) in [6.45, 7) is 4.48. The Morgan fingerprint density at radius 1 is 1.38 bits per heavy atom. The molecule has 0 rings (SSSR count). The average Bonchev–Trinajstić information content (AvgIpc) is 2.03. The van der Waals surface area contributed by atoms with Gasteiger partial charge in [0.1, 0.15) is 0 Å². The largest absolute Gasteiger partial charge is 0.320 e. The second-order valence-electron chi connectivity index (χ2n) is 3.38. The van der Waals surface area contributed by atoms with Crippen molar-refractivity contribution in [2.24, 2.45) is 0 Å². The number of nitrogens with one attached hydrogen (secondary N) is 1. The van der Waals surface area contributed by atoms with Crippen LogP contribution in [0.25, 0.3) is 0 Å². The summed E-state index contributed by atoms with van der Waals surface area (Å²) in [5, 5.41) is 2.93. The third kappa shape index (κ3) is 4.59. The molecule has 80 valence electrons. The topological polar surface area (TPSA) is 49.4 Å². The monoisotopic (exact) mass is 208 g/mol. The molecule has 0 saturated heterocycles. The Kier molecular flexibility index (Phi) is 5.51. The van der Waals surface area contributed by atoms with E-state index in [0.29, 0.717) is 6.42 Å². The summed E-state index contributed by atoms with van der Waals surface area (Å²) in [5.74, 6) is 0.225. The zero-order valence-electron chi connectivity index (χ0n) is 8.87. The van der Waals surface area contributed by atoms with E-state index in [1.54, 1.807) is 7.05 Å². The second-order valence-corrected chi connectivity index (χ2v) is 5.53. The van der Waals surface area contributed by atoms with Gasteiger partial charge in [0.05, 0.1) is 5.75 Å². The van der Waals surface area contributed by atoms with Crippen LogP contribution in [0.2, 0.25) is 0 Å². The van der Waals surface area contributed by atoms with E-state index in [9.17, 15) is 8.42 Å². The van der Waals surface area contributed by atoms with Gasteiger partial charge in [-0.1, -0.05) is 0 Å². The van der Waals surface area contributed by atoms with Crippen LogP contribution in [0.3, 0.4) is 0 Å². The SMILES string of the molecule is CNCCCS(=O)(=O)N(C)C(C)C. The number of hydrogen-bond acceptors (Lipinski definition) is 3. The lowest BCUT2D eigenvalue weighted by atomic mass is 10.4. The first-order valence-electron chi connectivity index (χ1n) is 4.52. The van der Waals surface area contributed by atoms with Crippen LogP contribution < -0.4 is 5.32 Å². The second kappa shape index (κ2) is 5.57. The molecule has 13 heavy (non-hydrogen) atoms. The summed E-state index contributed by atoms with van der Waals surface area (Å²) in [5.41, 5.74) is 0. The summed E-state index contributed by atoms with van der Waals surface area (Å²) in [6, 6.07) is 0.0413. The highest BCUT2D eigenvalue weighted by molar-refractivity contribution is 7.89. The third-order valence-electron chi connectivity index (χ3n) is 2.00. The van der Waals surface area contributed by atoms with Crippen molar-refractivity contribution in [1.29, 1.82) is 0 Å². The van der Waals surface area contributed by atoms with E-state index in [2.05, 4.69) is 5.32 Å². The molecule has 0 spiro atoms. The molecule has 0 atom stereocenters. The van der Waals surface area contributed by atoms with Crippen LogP contribution in [0.4, 0.5) is 0 Å². The van der Waals surface area contributed by atoms with Crippen molar-refractivity contribution in [3.05, 3.63) is 0 Å². The summed E-state index contributed by atoms with van der Waals surface area (Å²) in [7, 11) is 0.404. The van der Waals surface area contributed by atoms with Crippen molar-refractivity contribution < 1.29 is 8.42 Å². The van der Waals surface area contributed by atoms with Gasteiger partial charge >= 0.3 is 0 Å². The van der Waals surface area contributed by atoms with Gasteiger partial charge in [-0.3, -0.25) is 0 Å². The van der Waals surface area contributed by atoms with E-state index in [0.717, 1.165) is 6.54 Å². The van der Waals surface area contributed by atoms with Crippen LogP contribution in [-0.2, 0) is 10.0 Å². The van der Waals surface area contributed by atoms with Gasteiger partial charge in [0.25, 0.3) is 0 Å². The molecule has 5 heteroatoms. The van der Waals surface area contributed by atoms with Crippen LogP contribution in [0.1, 0.15) is 20.3 Å². The maximum atomic E-state index is 11.5. The van der Waals surface area contributed by atoms with Crippen molar-refractivity contribution in [2.45, 2.75) is 26.3 Å². The van der Waals surface area contributed by atoms with E-state index < -0.39 is 10.0 Å². The van der Waals surface area contributed by atoms with E-state index in [1.165, 1.54) is 4.31 Å². The molecule has 0 unspecified atom stereocenters. The molecule has 0 aromatic carbocycles.